The van der Waals surface area contributed by atoms with Gasteiger partial charge in [-0.05, 0) is 19.0 Å². The molecule has 0 aliphatic carbocycles. The zero-order valence-electron chi connectivity index (χ0n) is 9.62. The second-order valence-corrected chi connectivity index (χ2v) is 6.19. The zero-order chi connectivity index (χ0) is 12.0. The van der Waals surface area contributed by atoms with Crippen molar-refractivity contribution in [2.75, 3.05) is 13.1 Å². The highest BCUT2D eigenvalue weighted by molar-refractivity contribution is 7.89. The first-order chi connectivity index (χ1) is 7.60. The lowest BCUT2D eigenvalue weighted by atomic mass is 10.4. The second-order valence-electron chi connectivity index (χ2n) is 3.43. The van der Waals surface area contributed by atoms with Gasteiger partial charge in [-0.3, -0.25) is 0 Å². The SMILES string of the molecule is CCCNCc1cc(S(=O)(=O)NCC)cs1. The van der Waals surface area contributed by atoms with Gasteiger partial charge in [0.2, 0.25) is 10.0 Å². The monoisotopic (exact) mass is 262 g/mol. The minimum Gasteiger partial charge on any atom is -0.312 e. The maximum absolute atomic E-state index is 11.7. The number of rotatable bonds is 7. The summed E-state index contributed by atoms with van der Waals surface area (Å²) in [5.74, 6) is 0. The van der Waals surface area contributed by atoms with Crippen molar-refractivity contribution >= 4 is 21.4 Å². The smallest absolute Gasteiger partial charge is 0.241 e. The van der Waals surface area contributed by atoms with Crippen molar-refractivity contribution < 1.29 is 8.42 Å². The fourth-order valence-corrected chi connectivity index (χ4v) is 3.54. The molecule has 2 N–H and O–H groups in total. The third-order valence-corrected chi connectivity index (χ3v) is 4.61. The first kappa shape index (κ1) is 13.6. The minimum atomic E-state index is -3.29. The fraction of sp³-hybridized carbons (Fsp3) is 0.600. The van der Waals surface area contributed by atoms with E-state index in [1.807, 2.05) is 0 Å². The molecule has 0 bridgehead atoms. The Hall–Kier alpha value is -0.430. The Bertz CT molecular complexity index is 412. The summed E-state index contributed by atoms with van der Waals surface area (Å²) < 4.78 is 25.8. The van der Waals surface area contributed by atoms with Crippen molar-refractivity contribution in [1.29, 1.82) is 0 Å². The second kappa shape index (κ2) is 6.34. The topological polar surface area (TPSA) is 58.2 Å². The summed E-state index contributed by atoms with van der Waals surface area (Å²) in [6.07, 6.45) is 1.08. The van der Waals surface area contributed by atoms with Gasteiger partial charge in [0.05, 0.1) is 4.90 Å². The van der Waals surface area contributed by atoms with Gasteiger partial charge in [-0.1, -0.05) is 13.8 Å². The molecule has 0 fully saturated rings. The summed E-state index contributed by atoms with van der Waals surface area (Å²) in [7, 11) is -3.29. The van der Waals surface area contributed by atoms with Crippen molar-refractivity contribution in [2.45, 2.75) is 31.7 Å². The molecular weight excluding hydrogens is 244 g/mol. The molecule has 0 aromatic carbocycles. The van der Waals surface area contributed by atoms with Gasteiger partial charge in [-0.2, -0.15) is 0 Å². The van der Waals surface area contributed by atoms with E-state index in [1.165, 1.54) is 11.3 Å². The Morgan fingerprint density at radius 2 is 2.12 bits per heavy atom. The molecule has 1 aromatic heterocycles. The quantitative estimate of drug-likeness (QED) is 0.733. The molecule has 0 aliphatic rings. The van der Waals surface area contributed by atoms with Crippen LogP contribution in [-0.2, 0) is 16.6 Å². The Labute approximate surface area is 101 Å². The summed E-state index contributed by atoms with van der Waals surface area (Å²) in [4.78, 5) is 1.41. The largest absolute Gasteiger partial charge is 0.312 e. The van der Waals surface area contributed by atoms with Crippen LogP contribution in [0.3, 0.4) is 0 Å². The molecule has 6 heteroatoms. The highest BCUT2D eigenvalue weighted by atomic mass is 32.2. The molecule has 1 rings (SSSR count). The van der Waals surface area contributed by atoms with Gasteiger partial charge >= 0.3 is 0 Å². The van der Waals surface area contributed by atoms with Crippen LogP contribution >= 0.6 is 11.3 Å². The van der Waals surface area contributed by atoms with Gasteiger partial charge in [-0.15, -0.1) is 11.3 Å². The summed E-state index contributed by atoms with van der Waals surface area (Å²) in [6.45, 7) is 5.98. The molecule has 16 heavy (non-hydrogen) atoms. The molecular formula is C10H18N2O2S2. The molecule has 0 unspecified atom stereocenters. The van der Waals surface area contributed by atoms with Crippen LogP contribution in [0.4, 0.5) is 0 Å². The third-order valence-electron chi connectivity index (χ3n) is 2.00. The van der Waals surface area contributed by atoms with E-state index < -0.39 is 10.0 Å². The van der Waals surface area contributed by atoms with Crippen LogP contribution in [0, 0.1) is 0 Å². The maximum atomic E-state index is 11.7. The summed E-state index contributed by atoms with van der Waals surface area (Å²) in [5.41, 5.74) is 0. The van der Waals surface area contributed by atoms with E-state index in [2.05, 4.69) is 17.0 Å². The molecule has 0 spiro atoms. The van der Waals surface area contributed by atoms with Gasteiger partial charge < -0.3 is 5.32 Å². The number of nitrogens with one attached hydrogen (secondary N) is 2. The summed E-state index contributed by atoms with van der Waals surface area (Å²) in [5, 5.41) is 4.92. The van der Waals surface area contributed by atoms with Gasteiger partial charge in [0.15, 0.2) is 0 Å². The Morgan fingerprint density at radius 3 is 2.75 bits per heavy atom. The molecule has 0 radical (unpaired) electrons. The van der Waals surface area contributed by atoms with E-state index in [0.29, 0.717) is 11.4 Å². The lowest BCUT2D eigenvalue weighted by Crippen LogP contribution is -2.22. The number of hydrogen-bond acceptors (Lipinski definition) is 4. The molecule has 0 aliphatic heterocycles. The van der Waals surface area contributed by atoms with Crippen LogP contribution in [-0.4, -0.2) is 21.5 Å². The molecule has 0 amide bonds. The van der Waals surface area contributed by atoms with Crippen LogP contribution in [0.2, 0.25) is 0 Å². The van der Waals surface area contributed by atoms with Crippen molar-refractivity contribution in [1.82, 2.24) is 10.0 Å². The number of thiophene rings is 1. The van der Waals surface area contributed by atoms with Crippen LogP contribution < -0.4 is 10.0 Å². The van der Waals surface area contributed by atoms with Gasteiger partial charge in [-0.25, -0.2) is 13.1 Å². The minimum absolute atomic E-state index is 0.368. The first-order valence-electron chi connectivity index (χ1n) is 5.38. The van der Waals surface area contributed by atoms with E-state index in [0.717, 1.165) is 24.4 Å². The lowest BCUT2D eigenvalue weighted by Gasteiger charge is -2.01. The number of hydrogen-bond donors (Lipinski definition) is 2. The third kappa shape index (κ3) is 3.86. The lowest BCUT2D eigenvalue weighted by molar-refractivity contribution is 0.584. The number of sulfonamides is 1. The van der Waals surface area contributed by atoms with Gasteiger partial charge in [0.1, 0.15) is 0 Å². The van der Waals surface area contributed by atoms with Crippen molar-refractivity contribution in [2.24, 2.45) is 0 Å². The molecule has 0 atom stereocenters. The fourth-order valence-electron chi connectivity index (χ4n) is 1.26. The van der Waals surface area contributed by atoms with Crippen LogP contribution in [0.1, 0.15) is 25.1 Å². The average Bonchev–Trinajstić information content (AvgIpc) is 2.67. The highest BCUT2D eigenvalue weighted by Crippen LogP contribution is 2.18. The Balaban J connectivity index is 2.64. The molecule has 1 aromatic rings. The Kier molecular flexibility index (Phi) is 5.40. The molecule has 1 heterocycles. The maximum Gasteiger partial charge on any atom is 0.241 e. The predicted molar refractivity (Wildman–Crippen MR) is 67.2 cm³/mol. The van der Waals surface area contributed by atoms with Crippen molar-refractivity contribution in [3.63, 3.8) is 0 Å². The predicted octanol–water partition coefficient (Wildman–Crippen LogP) is 1.55. The van der Waals surface area contributed by atoms with E-state index >= 15 is 0 Å². The summed E-state index contributed by atoms with van der Waals surface area (Å²) >= 11 is 1.47. The van der Waals surface area contributed by atoms with Crippen LogP contribution in [0.15, 0.2) is 16.3 Å². The van der Waals surface area contributed by atoms with Crippen LogP contribution in [0.5, 0.6) is 0 Å². The van der Waals surface area contributed by atoms with Gasteiger partial charge in [0.25, 0.3) is 0 Å². The standard InChI is InChI=1S/C10H18N2O2S2/c1-3-5-11-7-9-6-10(8-15-9)16(13,14)12-4-2/h6,8,11-12H,3-5,7H2,1-2H3. The first-order valence-corrected chi connectivity index (χ1v) is 7.74. The zero-order valence-corrected chi connectivity index (χ0v) is 11.2. The molecule has 92 valence electrons. The normalized spacial score (nSPS) is 11.9. The van der Waals surface area contributed by atoms with Crippen LogP contribution in [0.25, 0.3) is 0 Å². The average molecular weight is 262 g/mol. The van der Waals surface area contributed by atoms with Gasteiger partial charge in [0, 0.05) is 23.3 Å². The van der Waals surface area contributed by atoms with E-state index in [4.69, 9.17) is 0 Å². The van der Waals surface area contributed by atoms with E-state index in [1.54, 1.807) is 18.4 Å². The van der Waals surface area contributed by atoms with E-state index in [-0.39, 0.29) is 0 Å². The van der Waals surface area contributed by atoms with Crippen molar-refractivity contribution in [3.05, 3.63) is 16.3 Å². The molecule has 0 saturated heterocycles. The van der Waals surface area contributed by atoms with E-state index in [9.17, 15) is 8.42 Å². The van der Waals surface area contributed by atoms with Crippen molar-refractivity contribution in [3.8, 4) is 0 Å². The molecule has 4 nitrogen and oxygen atoms in total. The molecule has 0 saturated carbocycles. The highest BCUT2D eigenvalue weighted by Gasteiger charge is 2.14. The Morgan fingerprint density at radius 1 is 1.38 bits per heavy atom. The summed E-state index contributed by atoms with van der Waals surface area (Å²) in [6, 6.07) is 1.73.